The summed E-state index contributed by atoms with van der Waals surface area (Å²) >= 11 is 0. The zero-order valence-corrected chi connectivity index (χ0v) is 10.6. The van der Waals surface area contributed by atoms with Gasteiger partial charge in [0.05, 0.1) is 12.2 Å². The molecule has 1 saturated carbocycles. The Bertz CT molecular complexity index is 450. The van der Waals surface area contributed by atoms with Crippen LogP contribution in [0.4, 0.5) is 0 Å². The fourth-order valence-electron chi connectivity index (χ4n) is 3.23. The van der Waals surface area contributed by atoms with E-state index in [-0.39, 0.29) is 6.42 Å². The monoisotopic (exact) mass is 266 g/mol. The zero-order chi connectivity index (χ0) is 13.6. The molecule has 2 unspecified atom stereocenters. The molecule has 1 aromatic carbocycles. The number of rotatable bonds is 2. The summed E-state index contributed by atoms with van der Waals surface area (Å²) in [6.45, 7) is 0. The summed E-state index contributed by atoms with van der Waals surface area (Å²) in [5.41, 5.74) is -0.650. The Morgan fingerprint density at radius 2 is 1.95 bits per heavy atom. The standard InChI is InChI=1S/C14H18O5/c1-18-10-7-9(15)14(17)11(12(16)13(14)19-10)8-5-3-2-4-6-8/h2-6,9-13,15-17H,7H2,1H3/t9-,10+,11?,12?,13+,14+/m0/s1. The first kappa shape index (κ1) is 13.0. The van der Waals surface area contributed by atoms with Crippen molar-refractivity contribution < 1.29 is 24.8 Å². The highest BCUT2D eigenvalue weighted by Gasteiger charge is 2.68. The van der Waals surface area contributed by atoms with E-state index in [4.69, 9.17) is 9.47 Å². The van der Waals surface area contributed by atoms with Gasteiger partial charge in [-0.05, 0) is 5.56 Å². The molecule has 0 bridgehead atoms. The van der Waals surface area contributed by atoms with Gasteiger partial charge >= 0.3 is 0 Å². The maximum atomic E-state index is 10.7. The fraction of sp³-hybridized carbons (Fsp3) is 0.571. The van der Waals surface area contributed by atoms with E-state index in [1.807, 2.05) is 30.3 Å². The first-order valence-corrected chi connectivity index (χ1v) is 6.40. The van der Waals surface area contributed by atoms with E-state index in [2.05, 4.69) is 0 Å². The lowest BCUT2D eigenvalue weighted by Crippen LogP contribution is -2.77. The lowest BCUT2D eigenvalue weighted by atomic mass is 9.57. The Morgan fingerprint density at radius 3 is 2.58 bits per heavy atom. The first-order chi connectivity index (χ1) is 9.09. The third kappa shape index (κ3) is 1.74. The van der Waals surface area contributed by atoms with Gasteiger partial charge in [-0.3, -0.25) is 0 Å². The Balaban J connectivity index is 1.90. The molecule has 0 amide bonds. The number of fused-ring (bicyclic) bond motifs is 1. The lowest BCUT2D eigenvalue weighted by Gasteiger charge is -2.60. The van der Waals surface area contributed by atoms with Crippen molar-refractivity contribution in [3.63, 3.8) is 0 Å². The molecule has 1 aromatic rings. The van der Waals surface area contributed by atoms with Crippen molar-refractivity contribution in [3.05, 3.63) is 35.9 Å². The van der Waals surface area contributed by atoms with Crippen molar-refractivity contribution >= 4 is 0 Å². The Labute approximate surface area is 111 Å². The Kier molecular flexibility index (Phi) is 3.11. The highest BCUT2D eigenvalue weighted by molar-refractivity contribution is 5.34. The molecule has 3 N–H and O–H groups in total. The van der Waals surface area contributed by atoms with Gasteiger partial charge in [-0.1, -0.05) is 30.3 Å². The van der Waals surface area contributed by atoms with Gasteiger partial charge in [0, 0.05) is 19.4 Å². The van der Waals surface area contributed by atoms with Gasteiger partial charge in [0.15, 0.2) is 6.29 Å². The van der Waals surface area contributed by atoms with Crippen LogP contribution in [0.5, 0.6) is 0 Å². The number of methoxy groups -OCH3 is 1. The average Bonchev–Trinajstić information content (AvgIpc) is 2.43. The van der Waals surface area contributed by atoms with E-state index in [1.165, 1.54) is 7.11 Å². The highest BCUT2D eigenvalue weighted by Crippen LogP contribution is 2.53. The molecule has 19 heavy (non-hydrogen) atoms. The van der Waals surface area contributed by atoms with Crippen LogP contribution in [0.3, 0.4) is 0 Å². The van der Waals surface area contributed by atoms with Crippen LogP contribution in [0.1, 0.15) is 17.9 Å². The molecule has 0 aromatic heterocycles. The number of hydrogen-bond donors (Lipinski definition) is 3. The second-order valence-electron chi connectivity index (χ2n) is 5.24. The highest BCUT2D eigenvalue weighted by atomic mass is 16.7. The van der Waals surface area contributed by atoms with Crippen molar-refractivity contribution in [1.29, 1.82) is 0 Å². The van der Waals surface area contributed by atoms with Gasteiger partial charge in [0.2, 0.25) is 0 Å². The summed E-state index contributed by atoms with van der Waals surface area (Å²) in [7, 11) is 1.47. The zero-order valence-electron chi connectivity index (χ0n) is 10.6. The van der Waals surface area contributed by atoms with E-state index in [1.54, 1.807) is 0 Å². The van der Waals surface area contributed by atoms with E-state index in [0.29, 0.717) is 0 Å². The SMILES string of the molecule is CO[C@H]1C[C@H](O)[C@@]2(O)C(c3ccccc3)C(O)[C@H]2O1. The number of benzene rings is 1. The molecule has 1 aliphatic heterocycles. The van der Waals surface area contributed by atoms with Crippen LogP contribution in [0, 0.1) is 0 Å². The number of ether oxygens (including phenoxy) is 2. The van der Waals surface area contributed by atoms with Crippen LogP contribution in [-0.4, -0.2) is 52.6 Å². The van der Waals surface area contributed by atoms with Crippen LogP contribution >= 0.6 is 0 Å². The number of hydrogen-bond acceptors (Lipinski definition) is 5. The maximum absolute atomic E-state index is 10.7. The second kappa shape index (κ2) is 4.54. The first-order valence-electron chi connectivity index (χ1n) is 6.40. The topological polar surface area (TPSA) is 79.2 Å². The molecular formula is C14H18O5. The van der Waals surface area contributed by atoms with Gasteiger partial charge in [0.1, 0.15) is 11.7 Å². The van der Waals surface area contributed by atoms with Gasteiger partial charge < -0.3 is 24.8 Å². The number of aliphatic hydroxyl groups excluding tert-OH is 2. The molecule has 5 nitrogen and oxygen atoms in total. The summed E-state index contributed by atoms with van der Waals surface area (Å²) in [5, 5.41) is 31.1. The molecule has 1 aliphatic carbocycles. The van der Waals surface area contributed by atoms with Crippen molar-refractivity contribution in [2.24, 2.45) is 0 Å². The van der Waals surface area contributed by atoms with Crippen molar-refractivity contribution in [1.82, 2.24) is 0 Å². The van der Waals surface area contributed by atoms with E-state index >= 15 is 0 Å². The second-order valence-corrected chi connectivity index (χ2v) is 5.24. The van der Waals surface area contributed by atoms with Crippen LogP contribution in [0.2, 0.25) is 0 Å². The van der Waals surface area contributed by atoms with Crippen molar-refractivity contribution in [3.8, 4) is 0 Å². The molecule has 2 fully saturated rings. The Morgan fingerprint density at radius 1 is 1.26 bits per heavy atom. The smallest absolute Gasteiger partial charge is 0.160 e. The van der Waals surface area contributed by atoms with Gasteiger partial charge in [-0.15, -0.1) is 0 Å². The fourth-order valence-corrected chi connectivity index (χ4v) is 3.23. The third-order valence-electron chi connectivity index (χ3n) is 4.28. The minimum Gasteiger partial charge on any atom is -0.390 e. The molecule has 0 spiro atoms. The summed E-state index contributed by atoms with van der Waals surface area (Å²) in [6.07, 6.45) is -3.04. The van der Waals surface area contributed by atoms with Crippen LogP contribution in [-0.2, 0) is 9.47 Å². The summed E-state index contributed by atoms with van der Waals surface area (Å²) < 4.78 is 10.5. The van der Waals surface area contributed by atoms with Crippen LogP contribution < -0.4 is 0 Å². The summed E-state index contributed by atoms with van der Waals surface area (Å²) in [5.74, 6) is -0.536. The minimum atomic E-state index is -1.45. The Hall–Kier alpha value is -0.980. The molecule has 1 saturated heterocycles. The minimum absolute atomic E-state index is 0.194. The quantitative estimate of drug-likeness (QED) is 0.702. The van der Waals surface area contributed by atoms with Crippen molar-refractivity contribution in [2.45, 2.75) is 42.5 Å². The predicted molar refractivity (Wildman–Crippen MR) is 66.4 cm³/mol. The molecule has 0 radical (unpaired) electrons. The third-order valence-corrected chi connectivity index (χ3v) is 4.28. The predicted octanol–water partition coefficient (Wildman–Crippen LogP) is -0.00190. The average molecular weight is 266 g/mol. The largest absolute Gasteiger partial charge is 0.390 e. The van der Waals surface area contributed by atoms with E-state index < -0.39 is 36.1 Å². The molecule has 2 aliphatic rings. The molecule has 1 heterocycles. The van der Waals surface area contributed by atoms with Crippen LogP contribution in [0.25, 0.3) is 0 Å². The van der Waals surface area contributed by atoms with Gasteiger partial charge in [0.25, 0.3) is 0 Å². The molecule has 6 atom stereocenters. The van der Waals surface area contributed by atoms with E-state index in [0.717, 1.165) is 5.56 Å². The molecule has 5 heteroatoms. The van der Waals surface area contributed by atoms with Crippen LogP contribution in [0.15, 0.2) is 30.3 Å². The molecular weight excluding hydrogens is 248 g/mol. The maximum Gasteiger partial charge on any atom is 0.160 e. The summed E-state index contributed by atoms with van der Waals surface area (Å²) in [4.78, 5) is 0. The van der Waals surface area contributed by atoms with Gasteiger partial charge in [-0.25, -0.2) is 0 Å². The normalized spacial score (nSPS) is 45.4. The molecule has 104 valence electrons. The summed E-state index contributed by atoms with van der Waals surface area (Å²) in [6, 6.07) is 9.21. The lowest BCUT2D eigenvalue weighted by molar-refractivity contribution is -0.356. The van der Waals surface area contributed by atoms with E-state index in [9.17, 15) is 15.3 Å². The van der Waals surface area contributed by atoms with Crippen molar-refractivity contribution in [2.75, 3.05) is 7.11 Å². The number of aliphatic hydroxyl groups is 3. The van der Waals surface area contributed by atoms with Gasteiger partial charge in [-0.2, -0.15) is 0 Å². The molecule has 3 rings (SSSR count).